The van der Waals surface area contributed by atoms with Crippen LogP contribution in [0, 0.1) is 0 Å². The number of nitrogens with zero attached hydrogens (tertiary/aromatic N) is 1. The van der Waals surface area contributed by atoms with Gasteiger partial charge in [0.05, 0.1) is 25.2 Å². The zero-order chi connectivity index (χ0) is 19.3. The highest BCUT2D eigenvalue weighted by Crippen LogP contribution is 2.20. The third kappa shape index (κ3) is 5.63. The summed E-state index contributed by atoms with van der Waals surface area (Å²) in [7, 11) is -1.30. The van der Waals surface area contributed by atoms with Crippen LogP contribution in [-0.4, -0.2) is 96.6 Å². The first-order valence-corrected chi connectivity index (χ1v) is 11.0. The molecule has 0 amide bonds. The van der Waals surface area contributed by atoms with Crippen molar-refractivity contribution in [2.75, 3.05) is 72.7 Å². The average molecular weight is 402 g/mol. The molecule has 2 fully saturated rings. The van der Waals surface area contributed by atoms with Crippen LogP contribution in [0.5, 0.6) is 5.75 Å². The van der Waals surface area contributed by atoms with Crippen LogP contribution in [0.1, 0.15) is 0 Å². The normalized spacial score (nSPS) is 25.9. The predicted molar refractivity (Wildman–Crippen MR) is 99.7 cm³/mol. The number of piperazine rings is 1. The van der Waals surface area contributed by atoms with Gasteiger partial charge in [-0.15, -0.1) is 0 Å². The summed E-state index contributed by atoms with van der Waals surface area (Å²) in [6.45, 7) is 6.88. The van der Waals surface area contributed by atoms with Gasteiger partial charge in [0, 0.05) is 13.1 Å². The van der Waals surface area contributed by atoms with Crippen LogP contribution in [-0.2, 0) is 14.8 Å². The summed E-state index contributed by atoms with van der Waals surface area (Å²) < 4.78 is 37.5. The Bertz CT molecular complexity index is 683. The molecule has 0 aliphatic carbocycles. The maximum atomic E-state index is 12.6. The fourth-order valence-electron chi connectivity index (χ4n) is 3.46. The lowest BCUT2D eigenvalue weighted by Gasteiger charge is -2.28. The third-order valence-electron chi connectivity index (χ3n) is 5.21. The molecule has 1 aromatic rings. The van der Waals surface area contributed by atoms with Gasteiger partial charge in [-0.2, -0.15) is 4.31 Å². The number of sulfonamides is 1. The summed E-state index contributed by atoms with van der Waals surface area (Å²) >= 11 is 0. The van der Waals surface area contributed by atoms with Crippen molar-refractivity contribution in [3.8, 4) is 5.75 Å². The molecule has 0 saturated carbocycles. The molecule has 3 rings (SSSR count). The van der Waals surface area contributed by atoms with E-state index in [4.69, 9.17) is 9.47 Å². The van der Waals surface area contributed by atoms with Gasteiger partial charge in [0.15, 0.2) is 0 Å². The first-order valence-electron chi connectivity index (χ1n) is 9.59. The summed E-state index contributed by atoms with van der Waals surface area (Å²) in [4.78, 5) is 3.20. The van der Waals surface area contributed by atoms with Gasteiger partial charge in [0.1, 0.15) is 51.2 Å². The lowest BCUT2D eigenvalue weighted by atomic mass is 10.3. The van der Waals surface area contributed by atoms with Crippen LogP contribution in [0.2, 0.25) is 0 Å². The fraction of sp³-hybridized carbons (Fsp3) is 0.667. The number of aliphatic hydroxyl groups excluding tert-OH is 1. The minimum atomic E-state index is -3.49. The van der Waals surface area contributed by atoms with Gasteiger partial charge < -0.3 is 24.4 Å². The van der Waals surface area contributed by atoms with E-state index in [9.17, 15) is 13.5 Å². The molecule has 0 aromatic heterocycles. The molecule has 0 unspecified atom stereocenters. The zero-order valence-corrected chi connectivity index (χ0v) is 16.7. The Labute approximate surface area is 161 Å². The molecular formula is C18H31N3O5S+2. The summed E-state index contributed by atoms with van der Waals surface area (Å²) in [6.07, 6.45) is -0.532. The van der Waals surface area contributed by atoms with Crippen LogP contribution in [0.15, 0.2) is 29.2 Å². The topological polar surface area (TPSA) is 85.0 Å². The van der Waals surface area contributed by atoms with E-state index in [0.29, 0.717) is 38.6 Å². The van der Waals surface area contributed by atoms with Crippen molar-refractivity contribution in [2.45, 2.75) is 11.0 Å². The van der Waals surface area contributed by atoms with Crippen molar-refractivity contribution in [1.82, 2.24) is 4.31 Å². The number of quaternary nitrogens is 2. The molecule has 2 aliphatic heterocycles. The SMILES string of the molecule is C[NH+]1CC[NH+](C[C@@H](O)COc2ccc(S(=O)(=O)N3CCOCC3)cc2)CC1. The lowest BCUT2D eigenvalue weighted by molar-refractivity contribution is -1.00. The maximum Gasteiger partial charge on any atom is 0.243 e. The molecule has 0 bridgehead atoms. The van der Waals surface area contributed by atoms with E-state index in [1.165, 1.54) is 14.1 Å². The molecule has 8 nitrogen and oxygen atoms in total. The van der Waals surface area contributed by atoms with Crippen molar-refractivity contribution < 1.29 is 32.8 Å². The highest BCUT2D eigenvalue weighted by Gasteiger charge is 2.26. The van der Waals surface area contributed by atoms with E-state index in [0.717, 1.165) is 26.2 Å². The summed E-state index contributed by atoms with van der Waals surface area (Å²) in [5.74, 6) is 0.563. The second kappa shape index (κ2) is 9.31. The fourth-order valence-corrected chi connectivity index (χ4v) is 4.87. The molecule has 1 aromatic carbocycles. The molecule has 3 N–H and O–H groups in total. The Hall–Kier alpha value is -1.23. The zero-order valence-electron chi connectivity index (χ0n) is 15.9. The van der Waals surface area contributed by atoms with Crippen LogP contribution in [0.4, 0.5) is 0 Å². The van der Waals surface area contributed by atoms with Gasteiger partial charge in [0.2, 0.25) is 10.0 Å². The molecule has 0 radical (unpaired) electrons. The first-order chi connectivity index (χ1) is 12.9. The van der Waals surface area contributed by atoms with Gasteiger partial charge in [-0.05, 0) is 24.3 Å². The molecule has 2 saturated heterocycles. The van der Waals surface area contributed by atoms with Crippen molar-refractivity contribution in [3.05, 3.63) is 24.3 Å². The second-order valence-corrected chi connectivity index (χ2v) is 9.30. The standard InChI is InChI=1S/C18H29N3O5S/c1-19-6-8-20(9-7-19)14-16(22)15-26-17-2-4-18(5-3-17)27(23,24)21-10-12-25-13-11-21/h2-5,16,22H,6-15H2,1H3/p+2/t16-/m1/s1. The smallest absolute Gasteiger partial charge is 0.243 e. The van der Waals surface area contributed by atoms with Gasteiger partial charge in [-0.25, -0.2) is 8.42 Å². The van der Waals surface area contributed by atoms with E-state index < -0.39 is 16.1 Å². The molecular weight excluding hydrogens is 370 g/mol. The highest BCUT2D eigenvalue weighted by molar-refractivity contribution is 7.89. The number of morpholine rings is 1. The average Bonchev–Trinajstić information content (AvgIpc) is 2.69. The van der Waals surface area contributed by atoms with E-state index in [1.54, 1.807) is 24.3 Å². The van der Waals surface area contributed by atoms with Gasteiger partial charge in [-0.3, -0.25) is 0 Å². The highest BCUT2D eigenvalue weighted by atomic mass is 32.2. The van der Waals surface area contributed by atoms with Gasteiger partial charge in [-0.1, -0.05) is 0 Å². The minimum absolute atomic E-state index is 0.210. The van der Waals surface area contributed by atoms with Crippen molar-refractivity contribution in [3.63, 3.8) is 0 Å². The number of benzene rings is 1. The molecule has 0 spiro atoms. The monoisotopic (exact) mass is 401 g/mol. The van der Waals surface area contributed by atoms with Crippen LogP contribution < -0.4 is 14.5 Å². The number of nitrogens with one attached hydrogen (secondary N) is 2. The van der Waals surface area contributed by atoms with Gasteiger partial charge in [0.25, 0.3) is 0 Å². The number of hydrogen-bond donors (Lipinski definition) is 3. The second-order valence-electron chi connectivity index (χ2n) is 7.36. The first kappa shape index (κ1) is 20.5. The van der Waals surface area contributed by atoms with E-state index >= 15 is 0 Å². The Morgan fingerprint density at radius 1 is 1.15 bits per heavy atom. The number of aliphatic hydroxyl groups is 1. The Kier molecular flexibility index (Phi) is 7.07. The quantitative estimate of drug-likeness (QED) is 0.450. The number of likely N-dealkylation sites (N-methyl/N-ethyl adjacent to an activating group) is 1. The Morgan fingerprint density at radius 2 is 1.78 bits per heavy atom. The maximum absolute atomic E-state index is 12.6. The van der Waals surface area contributed by atoms with Crippen LogP contribution >= 0.6 is 0 Å². The number of ether oxygens (including phenoxy) is 2. The van der Waals surface area contributed by atoms with E-state index in [2.05, 4.69) is 7.05 Å². The third-order valence-corrected chi connectivity index (χ3v) is 7.12. The molecule has 9 heteroatoms. The lowest BCUT2D eigenvalue weighted by Crippen LogP contribution is -3.27. The van der Waals surface area contributed by atoms with Crippen LogP contribution in [0.25, 0.3) is 0 Å². The van der Waals surface area contributed by atoms with Crippen LogP contribution in [0.3, 0.4) is 0 Å². The number of hydrogen-bond acceptors (Lipinski definition) is 5. The molecule has 2 heterocycles. The summed E-state index contributed by atoms with van der Waals surface area (Å²) in [5.41, 5.74) is 0. The number of rotatable bonds is 7. The van der Waals surface area contributed by atoms with Gasteiger partial charge >= 0.3 is 0 Å². The largest absolute Gasteiger partial charge is 0.491 e. The molecule has 2 aliphatic rings. The minimum Gasteiger partial charge on any atom is -0.491 e. The van der Waals surface area contributed by atoms with E-state index in [1.807, 2.05) is 0 Å². The predicted octanol–water partition coefficient (Wildman–Crippen LogP) is -3.14. The van der Waals surface area contributed by atoms with Crippen molar-refractivity contribution >= 4 is 10.0 Å². The Morgan fingerprint density at radius 3 is 2.41 bits per heavy atom. The summed E-state index contributed by atoms with van der Waals surface area (Å²) in [6, 6.07) is 6.40. The molecule has 27 heavy (non-hydrogen) atoms. The Balaban J connectivity index is 1.48. The van der Waals surface area contributed by atoms with Crippen molar-refractivity contribution in [1.29, 1.82) is 0 Å². The van der Waals surface area contributed by atoms with E-state index in [-0.39, 0.29) is 11.5 Å². The summed E-state index contributed by atoms with van der Waals surface area (Å²) in [5, 5.41) is 10.2. The molecule has 1 atom stereocenters. The molecule has 152 valence electrons. The van der Waals surface area contributed by atoms with Crippen molar-refractivity contribution in [2.24, 2.45) is 0 Å².